The predicted octanol–water partition coefficient (Wildman–Crippen LogP) is 1.89. The van der Waals surface area contributed by atoms with Gasteiger partial charge in [-0.15, -0.1) is 0 Å². The summed E-state index contributed by atoms with van der Waals surface area (Å²) >= 11 is 0. The molecule has 0 aromatic heterocycles. The number of benzene rings is 1. The van der Waals surface area contributed by atoms with Gasteiger partial charge in [0, 0.05) is 6.07 Å². The van der Waals surface area contributed by atoms with E-state index >= 15 is 0 Å². The van der Waals surface area contributed by atoms with E-state index in [0.29, 0.717) is 18.6 Å². The van der Waals surface area contributed by atoms with E-state index in [4.69, 9.17) is 14.6 Å². The van der Waals surface area contributed by atoms with E-state index in [2.05, 4.69) is 0 Å². The molecule has 0 unspecified atom stereocenters. The summed E-state index contributed by atoms with van der Waals surface area (Å²) in [4.78, 5) is 11.0. The number of rotatable bonds is 3. The second-order valence-corrected chi connectivity index (χ2v) is 4.25. The van der Waals surface area contributed by atoms with Crippen LogP contribution >= 0.6 is 0 Å². The molecule has 1 aromatic carbocycles. The van der Waals surface area contributed by atoms with Crippen LogP contribution in [-0.2, 0) is 17.6 Å². The molecule has 1 aliphatic carbocycles. The van der Waals surface area contributed by atoms with Gasteiger partial charge in [0.05, 0.1) is 20.1 Å². The predicted molar refractivity (Wildman–Crippen MR) is 62.7 cm³/mol. The van der Waals surface area contributed by atoms with E-state index in [1.54, 1.807) is 14.2 Å². The van der Waals surface area contributed by atoms with Crippen molar-refractivity contribution in [2.45, 2.75) is 19.3 Å². The van der Waals surface area contributed by atoms with E-state index in [0.717, 1.165) is 23.3 Å². The van der Waals surface area contributed by atoms with Gasteiger partial charge in [0.1, 0.15) is 11.5 Å². The fourth-order valence-electron chi connectivity index (χ4n) is 2.34. The molecule has 4 nitrogen and oxygen atoms in total. The number of carboxylic acid groups (broad SMARTS) is 1. The summed E-state index contributed by atoms with van der Waals surface area (Å²) < 4.78 is 10.5. The third-order valence-corrected chi connectivity index (χ3v) is 3.29. The SMILES string of the molecule is COc1cc2c(c(OC)c1)CC[C@@H](C(=O)O)C2. The number of fused-ring (bicyclic) bond motifs is 1. The summed E-state index contributed by atoms with van der Waals surface area (Å²) in [5.74, 6) is 0.492. The van der Waals surface area contributed by atoms with E-state index in [9.17, 15) is 4.79 Å². The van der Waals surface area contributed by atoms with Gasteiger partial charge in [-0.05, 0) is 36.5 Å². The summed E-state index contributed by atoms with van der Waals surface area (Å²) in [6, 6.07) is 3.76. The van der Waals surface area contributed by atoms with Crippen LogP contribution in [0.15, 0.2) is 12.1 Å². The third-order valence-electron chi connectivity index (χ3n) is 3.29. The molecular formula is C13H16O4. The Balaban J connectivity index is 2.39. The Morgan fingerprint density at radius 3 is 2.71 bits per heavy atom. The van der Waals surface area contributed by atoms with Gasteiger partial charge in [-0.2, -0.15) is 0 Å². The molecule has 17 heavy (non-hydrogen) atoms. The van der Waals surface area contributed by atoms with Gasteiger partial charge in [-0.25, -0.2) is 0 Å². The zero-order valence-corrected chi connectivity index (χ0v) is 10.0. The number of methoxy groups -OCH3 is 2. The Morgan fingerprint density at radius 1 is 1.35 bits per heavy atom. The zero-order valence-electron chi connectivity index (χ0n) is 10.0. The van der Waals surface area contributed by atoms with Gasteiger partial charge in [0.15, 0.2) is 0 Å². The van der Waals surface area contributed by atoms with Gasteiger partial charge in [0.2, 0.25) is 0 Å². The molecule has 4 heteroatoms. The lowest BCUT2D eigenvalue weighted by Gasteiger charge is -2.24. The first-order valence-electron chi connectivity index (χ1n) is 5.62. The molecule has 0 saturated carbocycles. The lowest BCUT2D eigenvalue weighted by Crippen LogP contribution is -2.22. The summed E-state index contributed by atoms with van der Waals surface area (Å²) in [5, 5.41) is 9.05. The molecule has 0 saturated heterocycles. The largest absolute Gasteiger partial charge is 0.497 e. The van der Waals surface area contributed by atoms with Crippen molar-refractivity contribution < 1.29 is 19.4 Å². The second kappa shape index (κ2) is 4.65. The Kier molecular flexibility index (Phi) is 3.22. The van der Waals surface area contributed by atoms with Crippen LogP contribution in [0.25, 0.3) is 0 Å². The minimum Gasteiger partial charge on any atom is -0.497 e. The Hall–Kier alpha value is -1.71. The van der Waals surface area contributed by atoms with Gasteiger partial charge < -0.3 is 14.6 Å². The minimum absolute atomic E-state index is 0.292. The molecule has 0 radical (unpaired) electrons. The van der Waals surface area contributed by atoms with E-state index in [1.165, 1.54) is 0 Å². The van der Waals surface area contributed by atoms with Gasteiger partial charge in [-0.1, -0.05) is 0 Å². The molecule has 0 aliphatic heterocycles. The Morgan fingerprint density at radius 2 is 2.12 bits per heavy atom. The molecule has 1 aromatic rings. The molecule has 0 fully saturated rings. The lowest BCUT2D eigenvalue weighted by molar-refractivity contribution is -0.142. The highest BCUT2D eigenvalue weighted by Crippen LogP contribution is 2.35. The van der Waals surface area contributed by atoms with Gasteiger partial charge in [-0.3, -0.25) is 4.79 Å². The molecule has 92 valence electrons. The van der Waals surface area contributed by atoms with Crippen LogP contribution in [-0.4, -0.2) is 25.3 Å². The van der Waals surface area contributed by atoms with Crippen LogP contribution in [0.3, 0.4) is 0 Å². The first-order chi connectivity index (χ1) is 8.15. The second-order valence-electron chi connectivity index (χ2n) is 4.25. The Labute approximate surface area is 100 Å². The number of ether oxygens (including phenoxy) is 2. The maximum absolute atomic E-state index is 11.0. The lowest BCUT2D eigenvalue weighted by atomic mass is 9.83. The normalized spacial score (nSPS) is 18.4. The molecule has 1 aliphatic rings. The van der Waals surface area contributed by atoms with Crippen LogP contribution in [0, 0.1) is 5.92 Å². The fraction of sp³-hybridized carbons (Fsp3) is 0.462. The summed E-state index contributed by atoms with van der Waals surface area (Å²) in [5.41, 5.74) is 2.14. The van der Waals surface area contributed by atoms with Gasteiger partial charge in [0.25, 0.3) is 0 Å². The number of hydrogen-bond donors (Lipinski definition) is 1. The van der Waals surface area contributed by atoms with Crippen molar-refractivity contribution in [2.24, 2.45) is 5.92 Å². The quantitative estimate of drug-likeness (QED) is 0.870. The highest BCUT2D eigenvalue weighted by molar-refractivity contribution is 5.71. The van der Waals surface area contributed by atoms with E-state index in [1.807, 2.05) is 12.1 Å². The number of carboxylic acids is 1. The maximum Gasteiger partial charge on any atom is 0.306 e. The van der Waals surface area contributed by atoms with Crippen molar-refractivity contribution >= 4 is 5.97 Å². The van der Waals surface area contributed by atoms with Crippen molar-refractivity contribution in [1.29, 1.82) is 0 Å². The molecule has 1 atom stereocenters. The third kappa shape index (κ3) is 2.20. The van der Waals surface area contributed by atoms with Crippen molar-refractivity contribution in [2.75, 3.05) is 14.2 Å². The van der Waals surface area contributed by atoms with E-state index < -0.39 is 5.97 Å². The Bertz CT molecular complexity index is 439. The van der Waals surface area contributed by atoms with Gasteiger partial charge >= 0.3 is 5.97 Å². The van der Waals surface area contributed by atoms with Crippen LogP contribution < -0.4 is 9.47 Å². The number of aliphatic carboxylic acids is 1. The zero-order chi connectivity index (χ0) is 12.4. The summed E-state index contributed by atoms with van der Waals surface area (Å²) in [7, 11) is 3.22. The molecular weight excluding hydrogens is 220 g/mol. The molecule has 0 bridgehead atoms. The standard InChI is InChI=1S/C13H16O4/c1-16-10-6-9-5-8(13(14)15)3-4-11(9)12(7-10)17-2/h6-8H,3-5H2,1-2H3,(H,14,15)/t8-/m1/s1. The summed E-state index contributed by atoms with van der Waals surface area (Å²) in [6.07, 6.45) is 1.97. The van der Waals surface area contributed by atoms with Crippen LogP contribution in [0.2, 0.25) is 0 Å². The number of carbonyl (C=O) groups is 1. The molecule has 1 N–H and O–H groups in total. The molecule has 0 amide bonds. The van der Waals surface area contributed by atoms with Crippen LogP contribution in [0.5, 0.6) is 11.5 Å². The number of hydrogen-bond acceptors (Lipinski definition) is 3. The highest BCUT2D eigenvalue weighted by atomic mass is 16.5. The van der Waals surface area contributed by atoms with Crippen molar-refractivity contribution in [1.82, 2.24) is 0 Å². The van der Waals surface area contributed by atoms with Crippen LogP contribution in [0.1, 0.15) is 17.5 Å². The minimum atomic E-state index is -0.725. The van der Waals surface area contributed by atoms with E-state index in [-0.39, 0.29) is 5.92 Å². The van der Waals surface area contributed by atoms with Crippen molar-refractivity contribution in [3.8, 4) is 11.5 Å². The topological polar surface area (TPSA) is 55.8 Å². The first-order valence-corrected chi connectivity index (χ1v) is 5.62. The highest BCUT2D eigenvalue weighted by Gasteiger charge is 2.26. The molecule has 0 spiro atoms. The first kappa shape index (κ1) is 11.8. The maximum atomic E-state index is 11.0. The van der Waals surface area contributed by atoms with Crippen molar-refractivity contribution in [3.63, 3.8) is 0 Å². The smallest absolute Gasteiger partial charge is 0.306 e. The molecule has 2 rings (SSSR count). The van der Waals surface area contributed by atoms with Crippen LogP contribution in [0.4, 0.5) is 0 Å². The molecule has 0 heterocycles. The van der Waals surface area contributed by atoms with Crippen molar-refractivity contribution in [3.05, 3.63) is 23.3 Å². The average molecular weight is 236 g/mol. The fourth-order valence-corrected chi connectivity index (χ4v) is 2.34. The monoisotopic (exact) mass is 236 g/mol. The average Bonchev–Trinajstić information content (AvgIpc) is 2.36. The summed E-state index contributed by atoms with van der Waals surface area (Å²) in [6.45, 7) is 0.